The zero-order valence-corrected chi connectivity index (χ0v) is 36.6. The molecule has 0 aromatic carbocycles. The van der Waals surface area contributed by atoms with Gasteiger partial charge in [0.05, 0.1) is 0 Å². The van der Waals surface area contributed by atoms with Crippen molar-refractivity contribution >= 4 is 0 Å². The van der Waals surface area contributed by atoms with E-state index in [1.165, 1.54) is 0 Å². The van der Waals surface area contributed by atoms with Crippen LogP contribution in [0.5, 0.6) is 0 Å². The van der Waals surface area contributed by atoms with E-state index in [1.54, 1.807) is 62.3 Å². The van der Waals surface area contributed by atoms with Crippen molar-refractivity contribution in [2.75, 3.05) is 0 Å². The van der Waals surface area contributed by atoms with Crippen molar-refractivity contribution in [3.8, 4) is 0 Å². The fourth-order valence-corrected chi connectivity index (χ4v) is 3.67. The smallest absolute Gasteiger partial charge is 0.200 e. The molecule has 57 heavy (non-hydrogen) atoms. The van der Waals surface area contributed by atoms with Crippen LogP contribution in [0.3, 0.4) is 0 Å². The summed E-state index contributed by atoms with van der Waals surface area (Å²) >= 11 is 0. The number of rotatable bonds is 9. The van der Waals surface area contributed by atoms with Crippen LogP contribution in [0.15, 0.2) is 0 Å². The minimum absolute atomic E-state index is 0.0191. The van der Waals surface area contributed by atoms with Gasteiger partial charge in [0.15, 0.2) is 0 Å². The normalized spacial score (nSPS) is 14.2. The van der Waals surface area contributed by atoms with E-state index in [9.17, 15) is 79.0 Å². The van der Waals surface area contributed by atoms with E-state index < -0.39 is 85.4 Å². The van der Waals surface area contributed by atoms with E-state index in [0.29, 0.717) is 12.8 Å². The maximum atomic E-state index is 12.8. The van der Waals surface area contributed by atoms with Crippen molar-refractivity contribution in [1.29, 1.82) is 0 Å². The topological polar surface area (TPSA) is 0 Å². The van der Waals surface area contributed by atoms with Gasteiger partial charge in [-0.1, -0.05) is 104 Å². The highest BCUT2D eigenvalue weighted by atomic mass is 19.4. The molecule has 0 aromatic heterocycles. The first-order chi connectivity index (χ1) is 24.0. The molecule has 0 radical (unpaired) electrons. The molecule has 0 saturated heterocycles. The van der Waals surface area contributed by atoms with Gasteiger partial charge in [-0.2, -0.15) is 70.2 Å². The molecular weight excluding hydrogens is 810 g/mol. The number of halogens is 18. The van der Waals surface area contributed by atoms with Crippen molar-refractivity contribution < 1.29 is 79.0 Å². The van der Waals surface area contributed by atoms with Crippen LogP contribution >= 0.6 is 0 Å². The lowest BCUT2D eigenvalue weighted by molar-refractivity contribution is -0.285. The van der Waals surface area contributed by atoms with Gasteiger partial charge < -0.3 is 0 Å². The zero-order chi connectivity index (χ0) is 47.8. The summed E-state index contributed by atoms with van der Waals surface area (Å²) < 4.78 is 214. The van der Waals surface area contributed by atoms with Crippen LogP contribution in [0, 0.1) is 27.1 Å². The highest BCUT2D eigenvalue weighted by Crippen LogP contribution is 2.41. The molecule has 0 heterocycles. The predicted octanol–water partition coefficient (Wildman–Crippen LogP) is 18.6. The molecule has 0 aliphatic rings. The Labute approximate surface area is 330 Å². The molecule has 0 nitrogen and oxygen atoms in total. The van der Waals surface area contributed by atoms with Crippen LogP contribution in [0.2, 0.25) is 0 Å². The summed E-state index contributed by atoms with van der Waals surface area (Å²) in [6.07, 6.45) is -19.7. The fraction of sp³-hybridized carbons (Fsp3) is 1.00. The minimum Gasteiger partial charge on any atom is -0.200 e. The molecule has 0 atom stereocenters. The van der Waals surface area contributed by atoms with E-state index in [1.807, 2.05) is 41.5 Å². The van der Waals surface area contributed by atoms with Crippen LogP contribution in [0.4, 0.5) is 79.0 Å². The third-order valence-electron chi connectivity index (χ3n) is 6.94. The maximum Gasteiger partial charge on any atom is 0.453 e. The summed E-state index contributed by atoms with van der Waals surface area (Å²) in [7, 11) is 0. The van der Waals surface area contributed by atoms with E-state index in [-0.39, 0.29) is 48.9 Å². The standard InChI is InChI=1S/C10H18F4.C8H13F5.C8H15F3.C7H13F3.C6H11F3/c1-8(2,3)6-5-7-10(13,14)9(4,11)12;1-6(2,3)4-5-7(9,10)8(11,12)13;1-7(2,3)5-4-6-8(9,10)11;1-6(2,3)4-5-7(8,9)10;1-5(2,3)4-6(7,8)9/h5-7H2,1-4H3;4-5H2,1-3H3;4-6H2,1-3H3;4-5H2,1-3H3;4H2,1-3H3. The number of hydrogen-bond acceptors (Lipinski definition) is 0. The molecule has 0 aliphatic heterocycles. The number of hydrogen-bond donors (Lipinski definition) is 0. The zero-order valence-electron chi connectivity index (χ0n) is 36.6. The summed E-state index contributed by atoms with van der Waals surface area (Å²) in [5.74, 6) is -12.3. The summed E-state index contributed by atoms with van der Waals surface area (Å²) in [4.78, 5) is 0. The van der Waals surface area contributed by atoms with Crippen LogP contribution in [0.25, 0.3) is 0 Å². The molecule has 0 aromatic rings. The molecule has 0 amide bonds. The van der Waals surface area contributed by atoms with Gasteiger partial charge in [-0.25, -0.2) is 8.78 Å². The van der Waals surface area contributed by atoms with Crippen LogP contribution in [-0.2, 0) is 0 Å². The molecular formula is C39H70F18. The molecule has 0 bridgehead atoms. The van der Waals surface area contributed by atoms with Gasteiger partial charge in [-0.3, -0.25) is 0 Å². The second kappa shape index (κ2) is 23.7. The molecule has 352 valence electrons. The van der Waals surface area contributed by atoms with Crippen molar-refractivity contribution in [1.82, 2.24) is 0 Å². The number of alkyl halides is 18. The first-order valence-electron chi connectivity index (χ1n) is 18.4. The van der Waals surface area contributed by atoms with Gasteiger partial charge in [-0.15, -0.1) is 0 Å². The maximum absolute atomic E-state index is 12.8. The Morgan fingerprint density at radius 1 is 0.246 bits per heavy atom. The second-order valence-corrected chi connectivity index (χ2v) is 20.3. The Morgan fingerprint density at radius 3 is 0.702 bits per heavy atom. The second-order valence-electron chi connectivity index (χ2n) is 20.3. The molecule has 0 fully saturated rings. The van der Waals surface area contributed by atoms with Gasteiger partial charge in [-0.05, 0) is 65.6 Å². The highest BCUT2D eigenvalue weighted by molar-refractivity contribution is 4.81. The highest BCUT2D eigenvalue weighted by Gasteiger charge is 2.57. The van der Waals surface area contributed by atoms with Crippen molar-refractivity contribution in [2.45, 2.75) is 224 Å². The first-order valence-corrected chi connectivity index (χ1v) is 18.4. The lowest BCUT2D eigenvalue weighted by Gasteiger charge is -2.25. The van der Waals surface area contributed by atoms with Crippen molar-refractivity contribution in [3.05, 3.63) is 0 Å². The third kappa shape index (κ3) is 54.7. The Kier molecular flexibility index (Phi) is 26.9. The summed E-state index contributed by atoms with van der Waals surface area (Å²) in [5.41, 5.74) is -1.42. The predicted molar refractivity (Wildman–Crippen MR) is 193 cm³/mol. The van der Waals surface area contributed by atoms with Crippen molar-refractivity contribution in [2.24, 2.45) is 27.1 Å². The molecule has 0 spiro atoms. The molecule has 18 heteroatoms. The lowest BCUT2D eigenvalue weighted by atomic mass is 9.88. The summed E-state index contributed by atoms with van der Waals surface area (Å²) in [6, 6.07) is 0. The van der Waals surface area contributed by atoms with Gasteiger partial charge in [0.1, 0.15) is 0 Å². The Balaban J connectivity index is -0.000000199. The molecule has 0 saturated carbocycles. The van der Waals surface area contributed by atoms with E-state index in [2.05, 4.69) is 0 Å². The Bertz CT molecular complexity index is 966. The first kappa shape index (κ1) is 64.9. The van der Waals surface area contributed by atoms with Gasteiger partial charge in [0, 0.05) is 39.0 Å². The van der Waals surface area contributed by atoms with E-state index >= 15 is 0 Å². The average molecular weight is 881 g/mol. The van der Waals surface area contributed by atoms with Gasteiger partial charge in [0.25, 0.3) is 0 Å². The van der Waals surface area contributed by atoms with Gasteiger partial charge in [0.2, 0.25) is 0 Å². The van der Waals surface area contributed by atoms with E-state index in [4.69, 9.17) is 0 Å². The molecule has 0 unspecified atom stereocenters. The average Bonchev–Trinajstić information content (AvgIpc) is 2.81. The summed E-state index contributed by atoms with van der Waals surface area (Å²) in [6.45, 7) is 26.8. The third-order valence-corrected chi connectivity index (χ3v) is 6.94. The monoisotopic (exact) mass is 881 g/mol. The quantitative estimate of drug-likeness (QED) is 0.202. The Hall–Kier alpha value is -1.26. The SMILES string of the molecule is CC(C)(C)CC(F)(F)F.CC(C)(C)CCC(F)(F)C(F)(F)F.CC(C)(C)CCC(F)(F)F.CC(C)(C)CCCC(F)(F)C(C)(F)F.CC(C)(C)CCCC(F)(F)F. The fourth-order valence-electron chi connectivity index (χ4n) is 3.67. The Morgan fingerprint density at radius 2 is 0.526 bits per heavy atom. The van der Waals surface area contributed by atoms with Crippen LogP contribution in [0.1, 0.15) is 181 Å². The molecule has 0 rings (SSSR count). The molecule has 0 aliphatic carbocycles. The van der Waals surface area contributed by atoms with E-state index in [0.717, 1.165) is 0 Å². The van der Waals surface area contributed by atoms with Gasteiger partial charge >= 0.3 is 42.5 Å². The van der Waals surface area contributed by atoms with Crippen LogP contribution in [-0.4, -0.2) is 42.5 Å². The molecule has 0 N–H and O–H groups in total. The summed E-state index contributed by atoms with van der Waals surface area (Å²) in [5, 5.41) is 0. The largest absolute Gasteiger partial charge is 0.453 e. The van der Waals surface area contributed by atoms with Crippen LogP contribution < -0.4 is 0 Å². The minimum atomic E-state index is -5.42. The lowest BCUT2D eigenvalue weighted by Crippen LogP contribution is -2.37. The van der Waals surface area contributed by atoms with Crippen molar-refractivity contribution in [3.63, 3.8) is 0 Å².